The number of hydrogen-bond acceptors (Lipinski definition) is 5. The van der Waals surface area contributed by atoms with E-state index in [1.54, 1.807) is 0 Å². The predicted molar refractivity (Wildman–Crippen MR) is 67.7 cm³/mol. The first kappa shape index (κ1) is 15.0. The van der Waals surface area contributed by atoms with E-state index < -0.39 is 5.92 Å². The Morgan fingerprint density at radius 1 is 1.37 bits per heavy atom. The Bertz CT molecular complexity index is 447. The van der Waals surface area contributed by atoms with Gasteiger partial charge in [0.1, 0.15) is 17.8 Å². The van der Waals surface area contributed by atoms with Crippen LogP contribution in [-0.2, 0) is 16.0 Å². The van der Waals surface area contributed by atoms with Crippen LogP contribution in [0.1, 0.15) is 12.0 Å². The number of rotatable bonds is 7. The Balaban J connectivity index is 2.76. The van der Waals surface area contributed by atoms with Crippen LogP contribution in [0, 0.1) is 5.92 Å². The van der Waals surface area contributed by atoms with E-state index in [1.165, 1.54) is 18.2 Å². The van der Waals surface area contributed by atoms with Gasteiger partial charge in [-0.15, -0.1) is 0 Å². The third-order valence-corrected chi connectivity index (χ3v) is 2.74. The average Bonchev–Trinajstić information content (AvgIpc) is 2.38. The second-order valence-electron chi connectivity index (χ2n) is 4.14. The first-order chi connectivity index (χ1) is 9.08. The molecule has 0 aliphatic carbocycles. The zero-order valence-corrected chi connectivity index (χ0v) is 10.4. The second kappa shape index (κ2) is 7.38. The Morgan fingerprint density at radius 2 is 2.11 bits per heavy atom. The number of amides is 1. The number of aliphatic hydroxyl groups excluding tert-OH is 1. The van der Waals surface area contributed by atoms with Gasteiger partial charge in [-0.3, -0.25) is 4.79 Å². The molecule has 1 unspecified atom stereocenters. The fourth-order valence-electron chi connectivity index (χ4n) is 1.76. The number of aliphatic hydroxyl groups is 1. The van der Waals surface area contributed by atoms with Gasteiger partial charge in [0.15, 0.2) is 0 Å². The first-order valence-electron chi connectivity index (χ1n) is 5.91. The lowest BCUT2D eigenvalue weighted by atomic mass is 9.95. The molecule has 4 N–H and O–H groups in total. The summed E-state index contributed by atoms with van der Waals surface area (Å²) in [6.07, 6.45) is 1.02. The summed E-state index contributed by atoms with van der Waals surface area (Å²) in [7, 11) is 0. The van der Waals surface area contributed by atoms with E-state index in [-0.39, 0.29) is 43.4 Å². The van der Waals surface area contributed by atoms with Crippen molar-refractivity contribution < 1.29 is 24.9 Å². The number of aldehydes is 1. The quantitative estimate of drug-likeness (QED) is 0.518. The van der Waals surface area contributed by atoms with Gasteiger partial charge >= 0.3 is 0 Å². The topological polar surface area (TPSA) is 107 Å². The summed E-state index contributed by atoms with van der Waals surface area (Å²) in [6.45, 7) is -0.250. The maximum Gasteiger partial charge on any atom is 0.223 e. The molecule has 0 bridgehead atoms. The molecule has 1 atom stereocenters. The highest BCUT2D eigenvalue weighted by molar-refractivity contribution is 5.81. The van der Waals surface area contributed by atoms with E-state index >= 15 is 0 Å². The van der Waals surface area contributed by atoms with Crippen molar-refractivity contribution in [2.24, 2.45) is 5.92 Å². The molecule has 1 aromatic carbocycles. The third-order valence-electron chi connectivity index (χ3n) is 2.74. The van der Waals surface area contributed by atoms with E-state index in [2.05, 4.69) is 5.32 Å². The van der Waals surface area contributed by atoms with E-state index in [1.807, 2.05) is 0 Å². The number of nitrogens with one attached hydrogen (secondary N) is 1. The number of phenols is 2. The van der Waals surface area contributed by atoms with Crippen molar-refractivity contribution in [1.29, 1.82) is 0 Å². The predicted octanol–water partition coefficient (Wildman–Crippen LogP) is -0.0460. The lowest BCUT2D eigenvalue weighted by molar-refractivity contribution is -0.126. The Hall–Kier alpha value is -2.08. The normalized spacial score (nSPS) is 11.8. The smallest absolute Gasteiger partial charge is 0.223 e. The van der Waals surface area contributed by atoms with Gasteiger partial charge in [-0.05, 0) is 24.5 Å². The van der Waals surface area contributed by atoms with Crippen molar-refractivity contribution in [2.75, 3.05) is 13.2 Å². The van der Waals surface area contributed by atoms with Gasteiger partial charge in [-0.2, -0.15) is 0 Å². The molecule has 0 saturated carbocycles. The second-order valence-corrected chi connectivity index (χ2v) is 4.14. The summed E-state index contributed by atoms with van der Waals surface area (Å²) in [4.78, 5) is 22.0. The van der Waals surface area contributed by atoms with Gasteiger partial charge < -0.3 is 25.4 Å². The first-order valence-corrected chi connectivity index (χ1v) is 5.91. The minimum Gasteiger partial charge on any atom is -0.508 e. The van der Waals surface area contributed by atoms with Gasteiger partial charge in [0, 0.05) is 18.6 Å². The molecular formula is C13H17NO5. The largest absolute Gasteiger partial charge is 0.508 e. The number of carbonyl (C=O) groups excluding carboxylic acids is 2. The summed E-state index contributed by atoms with van der Waals surface area (Å²) in [5.74, 6) is -1.06. The SMILES string of the molecule is O=CCNC(=O)C(CCO)Cc1ccc(O)cc1O. The monoisotopic (exact) mass is 267 g/mol. The zero-order valence-electron chi connectivity index (χ0n) is 10.4. The van der Waals surface area contributed by atoms with Crippen LogP contribution in [0.4, 0.5) is 0 Å². The van der Waals surface area contributed by atoms with Crippen LogP contribution in [0.2, 0.25) is 0 Å². The van der Waals surface area contributed by atoms with Crippen LogP contribution in [0.5, 0.6) is 11.5 Å². The zero-order chi connectivity index (χ0) is 14.3. The molecule has 6 nitrogen and oxygen atoms in total. The molecular weight excluding hydrogens is 250 g/mol. The molecule has 0 aliphatic heterocycles. The molecule has 0 heterocycles. The Kier molecular flexibility index (Phi) is 5.81. The van der Waals surface area contributed by atoms with Crippen LogP contribution in [0.3, 0.4) is 0 Å². The molecule has 0 radical (unpaired) electrons. The van der Waals surface area contributed by atoms with Crippen LogP contribution in [0.15, 0.2) is 18.2 Å². The van der Waals surface area contributed by atoms with E-state index in [9.17, 15) is 19.8 Å². The molecule has 6 heteroatoms. The number of hydrogen-bond donors (Lipinski definition) is 4. The van der Waals surface area contributed by atoms with Gasteiger partial charge in [0.25, 0.3) is 0 Å². The van der Waals surface area contributed by atoms with Crippen molar-refractivity contribution in [3.63, 3.8) is 0 Å². The lowest BCUT2D eigenvalue weighted by Gasteiger charge is -2.15. The van der Waals surface area contributed by atoms with E-state index in [0.29, 0.717) is 11.8 Å². The highest BCUT2D eigenvalue weighted by Crippen LogP contribution is 2.25. The van der Waals surface area contributed by atoms with Crippen molar-refractivity contribution in [3.05, 3.63) is 23.8 Å². The molecule has 0 aromatic heterocycles. The highest BCUT2D eigenvalue weighted by atomic mass is 16.3. The Labute approximate surface area is 110 Å². The summed E-state index contributed by atoms with van der Waals surface area (Å²) in [5, 5.41) is 30.2. The van der Waals surface area contributed by atoms with E-state index in [0.717, 1.165) is 0 Å². The van der Waals surface area contributed by atoms with Crippen LogP contribution in [-0.4, -0.2) is 40.7 Å². The number of aromatic hydroxyl groups is 2. The summed E-state index contributed by atoms with van der Waals surface area (Å²) >= 11 is 0. The molecule has 1 aromatic rings. The molecule has 1 amide bonds. The number of benzene rings is 1. The minimum absolute atomic E-state index is 0.0645. The van der Waals surface area contributed by atoms with E-state index in [4.69, 9.17) is 5.11 Å². The molecule has 104 valence electrons. The average molecular weight is 267 g/mol. The number of phenolic OH excluding ortho intramolecular Hbond substituents is 2. The van der Waals surface area contributed by atoms with Crippen molar-refractivity contribution in [2.45, 2.75) is 12.8 Å². The van der Waals surface area contributed by atoms with Gasteiger partial charge in [-0.1, -0.05) is 6.07 Å². The van der Waals surface area contributed by atoms with Crippen LogP contribution < -0.4 is 5.32 Å². The summed E-state index contributed by atoms with van der Waals surface area (Å²) in [6, 6.07) is 4.12. The number of carbonyl (C=O) groups is 2. The molecule has 1 rings (SSSR count). The van der Waals surface area contributed by atoms with Crippen LogP contribution >= 0.6 is 0 Å². The van der Waals surface area contributed by atoms with Gasteiger partial charge in [-0.25, -0.2) is 0 Å². The van der Waals surface area contributed by atoms with Crippen molar-refractivity contribution in [3.8, 4) is 11.5 Å². The molecule has 0 aliphatic rings. The molecule has 0 fully saturated rings. The van der Waals surface area contributed by atoms with Gasteiger partial charge in [0.2, 0.25) is 5.91 Å². The fourth-order valence-corrected chi connectivity index (χ4v) is 1.76. The van der Waals surface area contributed by atoms with Crippen LogP contribution in [0.25, 0.3) is 0 Å². The Morgan fingerprint density at radius 3 is 2.68 bits per heavy atom. The highest BCUT2D eigenvalue weighted by Gasteiger charge is 2.19. The fraction of sp³-hybridized carbons (Fsp3) is 0.385. The lowest BCUT2D eigenvalue weighted by Crippen LogP contribution is -2.33. The minimum atomic E-state index is -0.541. The summed E-state index contributed by atoms with van der Waals surface area (Å²) < 4.78 is 0. The maximum absolute atomic E-state index is 11.8. The molecule has 19 heavy (non-hydrogen) atoms. The standard InChI is InChI=1S/C13H17NO5/c15-5-3-10(13(19)14-4-6-16)7-9-1-2-11(17)8-12(9)18/h1-2,6,8,10,15,17-18H,3-5,7H2,(H,14,19). The molecule has 0 saturated heterocycles. The third kappa shape index (κ3) is 4.59. The van der Waals surface area contributed by atoms with Gasteiger partial charge in [0.05, 0.1) is 6.54 Å². The summed E-state index contributed by atoms with van der Waals surface area (Å²) in [5.41, 5.74) is 0.498. The van der Waals surface area contributed by atoms with Crippen molar-refractivity contribution >= 4 is 12.2 Å². The van der Waals surface area contributed by atoms with Crippen molar-refractivity contribution in [1.82, 2.24) is 5.32 Å². The maximum atomic E-state index is 11.8. The molecule has 0 spiro atoms.